The first-order valence-corrected chi connectivity index (χ1v) is 11.3. The zero-order valence-electron chi connectivity index (χ0n) is 14.8. The summed E-state index contributed by atoms with van der Waals surface area (Å²) in [6.07, 6.45) is 2.06. The molecule has 7 heteroatoms. The van der Waals surface area contributed by atoms with E-state index < -0.39 is 0 Å². The Balaban J connectivity index is 1.70. The standard InChI is InChI=1S/C19H21N3OS3/c1-3-13(4-2)18-21-22-19(26-18)20-17(23)15-9-5-6-10-16(15)25-12-14-8-7-11-24-14/h5-11,13H,3-4,12H2,1-2H3,(H,20,22,23). The largest absolute Gasteiger partial charge is 0.296 e. The lowest BCUT2D eigenvalue weighted by atomic mass is 10.1. The van der Waals surface area contributed by atoms with Crippen molar-refractivity contribution in [1.29, 1.82) is 0 Å². The number of amides is 1. The molecule has 2 aromatic heterocycles. The van der Waals surface area contributed by atoms with Crippen LogP contribution in [0.5, 0.6) is 0 Å². The minimum absolute atomic E-state index is 0.133. The Morgan fingerprint density at radius 2 is 1.96 bits per heavy atom. The Morgan fingerprint density at radius 1 is 1.15 bits per heavy atom. The highest BCUT2D eigenvalue weighted by Crippen LogP contribution is 2.30. The van der Waals surface area contributed by atoms with Crippen molar-refractivity contribution in [2.45, 2.75) is 43.3 Å². The molecule has 0 bridgehead atoms. The predicted octanol–water partition coefficient (Wildman–Crippen LogP) is 6.05. The lowest BCUT2D eigenvalue weighted by molar-refractivity contribution is 0.102. The quantitative estimate of drug-likeness (QED) is 0.465. The van der Waals surface area contributed by atoms with E-state index in [9.17, 15) is 4.79 Å². The zero-order chi connectivity index (χ0) is 18.4. The Labute approximate surface area is 166 Å². The van der Waals surface area contributed by atoms with Gasteiger partial charge in [-0.2, -0.15) is 0 Å². The molecule has 0 fully saturated rings. The number of nitrogens with one attached hydrogen (secondary N) is 1. The molecule has 0 atom stereocenters. The van der Waals surface area contributed by atoms with Gasteiger partial charge in [0, 0.05) is 21.4 Å². The number of thioether (sulfide) groups is 1. The van der Waals surface area contributed by atoms with E-state index in [1.807, 2.05) is 30.3 Å². The lowest BCUT2D eigenvalue weighted by Crippen LogP contribution is -2.12. The molecule has 2 heterocycles. The lowest BCUT2D eigenvalue weighted by Gasteiger charge is -2.08. The third-order valence-electron chi connectivity index (χ3n) is 4.08. The summed E-state index contributed by atoms with van der Waals surface area (Å²) in [6.45, 7) is 4.30. The molecule has 26 heavy (non-hydrogen) atoms. The van der Waals surface area contributed by atoms with E-state index in [1.54, 1.807) is 23.1 Å². The highest BCUT2D eigenvalue weighted by atomic mass is 32.2. The Hall–Kier alpha value is -1.70. The molecule has 0 saturated carbocycles. The van der Waals surface area contributed by atoms with Crippen LogP contribution in [0.15, 0.2) is 46.7 Å². The van der Waals surface area contributed by atoms with Crippen LogP contribution in [0.2, 0.25) is 0 Å². The van der Waals surface area contributed by atoms with E-state index in [4.69, 9.17) is 0 Å². The molecule has 0 aliphatic rings. The number of nitrogens with zero attached hydrogens (tertiary/aromatic N) is 2. The van der Waals surface area contributed by atoms with E-state index >= 15 is 0 Å². The average molecular weight is 404 g/mol. The molecular weight excluding hydrogens is 382 g/mol. The predicted molar refractivity (Wildman–Crippen MR) is 112 cm³/mol. The summed E-state index contributed by atoms with van der Waals surface area (Å²) in [5.74, 6) is 1.14. The Kier molecular flexibility index (Phi) is 6.82. The van der Waals surface area contributed by atoms with E-state index in [2.05, 4.69) is 40.8 Å². The number of aromatic nitrogens is 2. The fourth-order valence-corrected chi connectivity index (χ4v) is 5.40. The number of hydrogen-bond acceptors (Lipinski definition) is 6. The third-order valence-corrected chi connectivity index (χ3v) is 7.26. The molecule has 0 unspecified atom stereocenters. The van der Waals surface area contributed by atoms with Gasteiger partial charge < -0.3 is 0 Å². The van der Waals surface area contributed by atoms with E-state index in [-0.39, 0.29) is 5.91 Å². The monoisotopic (exact) mass is 403 g/mol. The van der Waals surface area contributed by atoms with Crippen LogP contribution in [0.25, 0.3) is 0 Å². The highest BCUT2D eigenvalue weighted by Gasteiger charge is 2.17. The van der Waals surface area contributed by atoms with Crippen LogP contribution in [0.3, 0.4) is 0 Å². The van der Waals surface area contributed by atoms with Crippen LogP contribution in [0.4, 0.5) is 5.13 Å². The van der Waals surface area contributed by atoms with Crippen LogP contribution in [0, 0.1) is 0 Å². The summed E-state index contributed by atoms with van der Waals surface area (Å²) in [5.41, 5.74) is 0.674. The Bertz CT molecular complexity index is 841. The molecule has 0 aliphatic heterocycles. The minimum atomic E-state index is -0.133. The van der Waals surface area contributed by atoms with Gasteiger partial charge in [0.1, 0.15) is 5.01 Å². The molecule has 3 aromatic rings. The average Bonchev–Trinajstić information content (AvgIpc) is 3.33. The summed E-state index contributed by atoms with van der Waals surface area (Å²) in [5, 5.41) is 14.9. The van der Waals surface area contributed by atoms with E-state index in [0.717, 1.165) is 28.5 Å². The van der Waals surface area contributed by atoms with Gasteiger partial charge in [0.25, 0.3) is 5.91 Å². The second kappa shape index (κ2) is 9.30. The molecule has 0 spiro atoms. The molecule has 4 nitrogen and oxygen atoms in total. The van der Waals surface area contributed by atoms with Gasteiger partial charge in [-0.05, 0) is 36.4 Å². The number of thiophene rings is 1. The van der Waals surface area contributed by atoms with Gasteiger partial charge in [-0.3, -0.25) is 10.1 Å². The first-order valence-electron chi connectivity index (χ1n) is 8.60. The van der Waals surface area contributed by atoms with Gasteiger partial charge in [0.15, 0.2) is 0 Å². The minimum Gasteiger partial charge on any atom is -0.296 e. The third kappa shape index (κ3) is 4.72. The van der Waals surface area contributed by atoms with Crippen molar-refractivity contribution >= 4 is 45.5 Å². The highest BCUT2D eigenvalue weighted by molar-refractivity contribution is 7.98. The van der Waals surface area contributed by atoms with E-state index in [0.29, 0.717) is 16.6 Å². The van der Waals surface area contributed by atoms with Crippen LogP contribution >= 0.6 is 34.4 Å². The molecule has 3 rings (SSSR count). The van der Waals surface area contributed by atoms with Crippen molar-refractivity contribution in [1.82, 2.24) is 10.2 Å². The summed E-state index contributed by atoms with van der Waals surface area (Å²) in [6, 6.07) is 11.9. The van der Waals surface area contributed by atoms with Gasteiger partial charge >= 0.3 is 0 Å². The maximum atomic E-state index is 12.7. The zero-order valence-corrected chi connectivity index (χ0v) is 17.2. The van der Waals surface area contributed by atoms with Crippen LogP contribution in [-0.4, -0.2) is 16.1 Å². The van der Waals surface area contributed by atoms with E-state index in [1.165, 1.54) is 16.2 Å². The molecule has 0 radical (unpaired) electrons. The smallest absolute Gasteiger partial charge is 0.258 e. The molecule has 1 aromatic carbocycles. The first kappa shape index (κ1) is 19.1. The van der Waals surface area contributed by atoms with Crippen molar-refractivity contribution in [3.8, 4) is 0 Å². The Morgan fingerprint density at radius 3 is 2.69 bits per heavy atom. The normalized spacial score (nSPS) is 11.0. The maximum Gasteiger partial charge on any atom is 0.258 e. The fourth-order valence-electron chi connectivity index (χ4n) is 2.58. The number of hydrogen-bond donors (Lipinski definition) is 1. The number of carbonyl (C=O) groups excluding carboxylic acids is 1. The van der Waals surface area contributed by atoms with Crippen molar-refractivity contribution in [2.24, 2.45) is 0 Å². The second-order valence-electron chi connectivity index (χ2n) is 5.78. The SMILES string of the molecule is CCC(CC)c1nnc(NC(=O)c2ccccc2SCc2cccs2)s1. The number of benzene rings is 1. The number of rotatable bonds is 8. The molecular formula is C19H21N3OS3. The molecule has 1 N–H and O–H groups in total. The first-order chi connectivity index (χ1) is 12.7. The van der Waals surface area contributed by atoms with Crippen molar-refractivity contribution in [3.05, 3.63) is 57.2 Å². The van der Waals surface area contributed by atoms with Crippen molar-refractivity contribution in [2.75, 3.05) is 5.32 Å². The van der Waals surface area contributed by atoms with Gasteiger partial charge in [0.05, 0.1) is 5.56 Å². The summed E-state index contributed by atoms with van der Waals surface area (Å²) >= 11 is 4.88. The molecule has 1 amide bonds. The van der Waals surface area contributed by atoms with Gasteiger partial charge in [-0.25, -0.2) is 0 Å². The van der Waals surface area contributed by atoms with Crippen LogP contribution in [-0.2, 0) is 5.75 Å². The van der Waals surface area contributed by atoms with Gasteiger partial charge in [-0.15, -0.1) is 33.3 Å². The van der Waals surface area contributed by atoms with Gasteiger partial charge in [-0.1, -0.05) is 43.4 Å². The van der Waals surface area contributed by atoms with Crippen LogP contribution < -0.4 is 5.32 Å². The topological polar surface area (TPSA) is 54.9 Å². The van der Waals surface area contributed by atoms with Crippen molar-refractivity contribution < 1.29 is 4.79 Å². The fraction of sp³-hybridized carbons (Fsp3) is 0.316. The van der Waals surface area contributed by atoms with Gasteiger partial charge in [0.2, 0.25) is 5.13 Å². The van der Waals surface area contributed by atoms with Crippen molar-refractivity contribution in [3.63, 3.8) is 0 Å². The molecule has 0 aliphatic carbocycles. The molecule has 0 saturated heterocycles. The van der Waals surface area contributed by atoms with Crippen LogP contribution in [0.1, 0.15) is 52.8 Å². The maximum absolute atomic E-state index is 12.7. The summed E-state index contributed by atoms with van der Waals surface area (Å²) < 4.78 is 0. The second-order valence-corrected chi connectivity index (χ2v) is 8.84. The summed E-state index contributed by atoms with van der Waals surface area (Å²) in [4.78, 5) is 15.0. The number of anilines is 1. The summed E-state index contributed by atoms with van der Waals surface area (Å²) in [7, 11) is 0. The number of carbonyl (C=O) groups is 1. The molecule has 136 valence electrons.